The quantitative estimate of drug-likeness (QED) is 0.776. The highest BCUT2D eigenvalue weighted by Crippen LogP contribution is 2.29. The average Bonchev–Trinajstić information content (AvgIpc) is 2.80. The van der Waals surface area contributed by atoms with Crippen LogP contribution in [-0.2, 0) is 15.6 Å². The standard InChI is InChI=1S/C17H21NO2S2/c19-22(20,16-10-6-1-2-7-11-16)13-15-12-18-17(21-15)14-8-4-3-5-9-14/h3-5,8-9,12,16H,1-2,6-7,10-11,13H2. The molecule has 0 atom stereocenters. The van der Waals surface area contributed by atoms with Gasteiger partial charge in [-0.3, -0.25) is 0 Å². The fourth-order valence-electron chi connectivity index (χ4n) is 3.01. The van der Waals surface area contributed by atoms with Gasteiger partial charge in [0.05, 0.1) is 11.0 Å². The first kappa shape index (κ1) is 15.7. The highest BCUT2D eigenvalue weighted by atomic mass is 32.2. The topological polar surface area (TPSA) is 47.0 Å². The third kappa shape index (κ3) is 3.76. The van der Waals surface area contributed by atoms with Crippen molar-refractivity contribution in [2.24, 2.45) is 0 Å². The van der Waals surface area contributed by atoms with E-state index in [0.29, 0.717) is 0 Å². The number of sulfone groups is 1. The predicted octanol–water partition coefficient (Wildman–Crippen LogP) is 4.45. The molecule has 0 saturated heterocycles. The van der Waals surface area contributed by atoms with Crippen LogP contribution in [0.2, 0.25) is 0 Å². The summed E-state index contributed by atoms with van der Waals surface area (Å²) in [5.41, 5.74) is 1.05. The average molecular weight is 335 g/mol. The van der Waals surface area contributed by atoms with Crippen molar-refractivity contribution in [2.75, 3.05) is 0 Å². The summed E-state index contributed by atoms with van der Waals surface area (Å²) in [4.78, 5) is 5.24. The van der Waals surface area contributed by atoms with Crippen LogP contribution < -0.4 is 0 Å². The lowest BCUT2D eigenvalue weighted by molar-refractivity contribution is 0.562. The lowest BCUT2D eigenvalue weighted by Gasteiger charge is -2.14. The molecule has 118 valence electrons. The summed E-state index contributed by atoms with van der Waals surface area (Å²) in [7, 11) is -3.06. The fraction of sp³-hybridized carbons (Fsp3) is 0.471. The second-order valence-corrected chi connectivity index (χ2v) is 9.31. The van der Waals surface area contributed by atoms with Gasteiger partial charge in [0.25, 0.3) is 0 Å². The zero-order valence-electron chi connectivity index (χ0n) is 12.6. The summed E-state index contributed by atoms with van der Waals surface area (Å²) in [5.74, 6) is 0.141. The Morgan fingerprint density at radius 3 is 2.41 bits per heavy atom. The van der Waals surface area contributed by atoms with E-state index in [-0.39, 0.29) is 11.0 Å². The minimum absolute atomic E-state index is 0.141. The van der Waals surface area contributed by atoms with Gasteiger partial charge in [-0.15, -0.1) is 11.3 Å². The molecule has 3 rings (SSSR count). The summed E-state index contributed by atoms with van der Waals surface area (Å²) in [6.45, 7) is 0. The molecule has 0 aliphatic heterocycles. The smallest absolute Gasteiger partial charge is 0.158 e. The second-order valence-electron chi connectivity index (χ2n) is 5.92. The molecule has 0 radical (unpaired) electrons. The first-order chi connectivity index (χ1) is 10.6. The van der Waals surface area contributed by atoms with Gasteiger partial charge in [-0.2, -0.15) is 0 Å². The molecule has 0 N–H and O–H groups in total. The maximum Gasteiger partial charge on any atom is 0.158 e. The molecule has 1 fully saturated rings. The monoisotopic (exact) mass is 335 g/mol. The van der Waals surface area contributed by atoms with Gasteiger partial charge in [0, 0.05) is 16.6 Å². The van der Waals surface area contributed by atoms with Gasteiger partial charge < -0.3 is 0 Å². The third-order valence-corrected chi connectivity index (χ3v) is 7.66. The Hall–Kier alpha value is -1.20. The van der Waals surface area contributed by atoms with Gasteiger partial charge in [-0.25, -0.2) is 13.4 Å². The maximum atomic E-state index is 12.6. The van der Waals surface area contributed by atoms with Gasteiger partial charge in [0.1, 0.15) is 5.01 Å². The Bertz CT molecular complexity index is 699. The lowest BCUT2D eigenvalue weighted by Crippen LogP contribution is -2.21. The van der Waals surface area contributed by atoms with Crippen LogP contribution in [0.25, 0.3) is 10.6 Å². The Morgan fingerprint density at radius 1 is 1.05 bits per heavy atom. The van der Waals surface area contributed by atoms with E-state index >= 15 is 0 Å². The van der Waals surface area contributed by atoms with E-state index in [4.69, 9.17) is 0 Å². The number of nitrogens with zero attached hydrogens (tertiary/aromatic N) is 1. The molecule has 0 amide bonds. The molecular weight excluding hydrogens is 314 g/mol. The molecule has 0 unspecified atom stereocenters. The summed E-state index contributed by atoms with van der Waals surface area (Å²) < 4.78 is 25.3. The summed E-state index contributed by atoms with van der Waals surface area (Å²) in [6, 6.07) is 9.91. The van der Waals surface area contributed by atoms with Crippen LogP contribution in [0.3, 0.4) is 0 Å². The normalized spacial score (nSPS) is 17.3. The molecule has 1 aliphatic carbocycles. The SMILES string of the molecule is O=S(=O)(Cc1cnc(-c2ccccc2)s1)C1CCCCCC1. The third-order valence-electron chi connectivity index (χ3n) is 4.23. The number of hydrogen-bond acceptors (Lipinski definition) is 4. The van der Waals surface area contributed by atoms with Crippen LogP contribution in [0.5, 0.6) is 0 Å². The van der Waals surface area contributed by atoms with Gasteiger partial charge >= 0.3 is 0 Å². The van der Waals surface area contributed by atoms with Crippen LogP contribution in [-0.4, -0.2) is 18.7 Å². The maximum absolute atomic E-state index is 12.6. The molecule has 1 aromatic carbocycles. The molecule has 22 heavy (non-hydrogen) atoms. The summed E-state index contributed by atoms with van der Waals surface area (Å²) >= 11 is 1.49. The molecule has 1 aliphatic rings. The van der Waals surface area contributed by atoms with Crippen LogP contribution in [0.1, 0.15) is 43.4 Å². The van der Waals surface area contributed by atoms with Crippen LogP contribution in [0.4, 0.5) is 0 Å². The van der Waals surface area contributed by atoms with Crippen molar-refractivity contribution in [1.29, 1.82) is 0 Å². The minimum Gasteiger partial charge on any atom is -0.244 e. The summed E-state index contributed by atoms with van der Waals surface area (Å²) in [6.07, 6.45) is 7.81. The number of benzene rings is 1. The zero-order valence-corrected chi connectivity index (χ0v) is 14.2. The van der Waals surface area contributed by atoms with Gasteiger partial charge in [-0.1, -0.05) is 56.0 Å². The molecule has 0 spiro atoms. The lowest BCUT2D eigenvalue weighted by atomic mass is 10.2. The van der Waals surface area contributed by atoms with Crippen molar-refractivity contribution in [2.45, 2.75) is 49.5 Å². The minimum atomic E-state index is -3.06. The molecule has 1 saturated carbocycles. The van der Waals surface area contributed by atoms with Crippen molar-refractivity contribution in [3.63, 3.8) is 0 Å². The molecule has 0 bridgehead atoms. The van der Waals surface area contributed by atoms with E-state index in [9.17, 15) is 8.42 Å². The zero-order chi connectivity index (χ0) is 15.4. The van der Waals surface area contributed by atoms with Crippen molar-refractivity contribution < 1.29 is 8.42 Å². The van der Waals surface area contributed by atoms with Crippen molar-refractivity contribution in [1.82, 2.24) is 4.98 Å². The Balaban J connectivity index is 1.74. The Kier molecular flexibility index (Phi) is 4.93. The first-order valence-corrected chi connectivity index (χ1v) is 10.4. The number of hydrogen-bond donors (Lipinski definition) is 0. The molecule has 1 heterocycles. The first-order valence-electron chi connectivity index (χ1n) is 7.87. The van der Waals surface area contributed by atoms with Gasteiger partial charge in [-0.05, 0) is 12.8 Å². The van der Waals surface area contributed by atoms with Crippen LogP contribution in [0.15, 0.2) is 36.5 Å². The highest BCUT2D eigenvalue weighted by Gasteiger charge is 2.27. The van der Waals surface area contributed by atoms with E-state index < -0.39 is 9.84 Å². The molecular formula is C17H21NO2S2. The summed E-state index contributed by atoms with van der Waals surface area (Å²) in [5, 5.41) is 0.740. The fourth-order valence-corrected chi connectivity index (χ4v) is 6.21. The van der Waals surface area contributed by atoms with E-state index in [1.807, 2.05) is 30.3 Å². The van der Waals surface area contributed by atoms with E-state index in [1.165, 1.54) is 24.2 Å². The van der Waals surface area contributed by atoms with E-state index in [1.54, 1.807) is 6.20 Å². The van der Waals surface area contributed by atoms with Gasteiger partial charge in [0.2, 0.25) is 0 Å². The van der Waals surface area contributed by atoms with Crippen molar-refractivity contribution in [3.8, 4) is 10.6 Å². The van der Waals surface area contributed by atoms with E-state index in [2.05, 4.69) is 4.98 Å². The Labute approximate surface area is 136 Å². The molecule has 3 nitrogen and oxygen atoms in total. The number of rotatable bonds is 4. The number of thiazole rings is 1. The molecule has 1 aromatic heterocycles. The van der Waals surface area contributed by atoms with Crippen molar-refractivity contribution >= 4 is 21.2 Å². The largest absolute Gasteiger partial charge is 0.244 e. The van der Waals surface area contributed by atoms with Crippen LogP contribution in [0, 0.1) is 0 Å². The predicted molar refractivity (Wildman–Crippen MR) is 91.7 cm³/mol. The van der Waals surface area contributed by atoms with Crippen LogP contribution >= 0.6 is 11.3 Å². The van der Waals surface area contributed by atoms with Crippen molar-refractivity contribution in [3.05, 3.63) is 41.4 Å². The molecule has 5 heteroatoms. The van der Waals surface area contributed by atoms with Gasteiger partial charge in [0.15, 0.2) is 9.84 Å². The van der Waals surface area contributed by atoms with E-state index in [0.717, 1.165) is 41.1 Å². The number of aromatic nitrogens is 1. The highest BCUT2D eigenvalue weighted by molar-refractivity contribution is 7.91. The second kappa shape index (κ2) is 6.92. The Morgan fingerprint density at radius 2 is 1.73 bits per heavy atom. The molecule has 2 aromatic rings.